The molecule has 0 fully saturated rings. The van der Waals surface area contributed by atoms with E-state index in [2.05, 4.69) is 5.32 Å². The molecule has 1 N–H and O–H groups in total. The van der Waals surface area contributed by atoms with Crippen LogP contribution in [-0.4, -0.2) is 5.91 Å². The highest BCUT2D eigenvalue weighted by atomic mass is 35.5. The number of benzene rings is 4. The van der Waals surface area contributed by atoms with Gasteiger partial charge in [-0.2, -0.15) is 13.2 Å². The third-order valence-corrected chi connectivity index (χ3v) is 6.66. The van der Waals surface area contributed by atoms with Crippen LogP contribution in [0.15, 0.2) is 84.9 Å². The first-order chi connectivity index (χ1) is 18.0. The fraction of sp³-hybridized carbons (Fsp3) is 0.138. The van der Waals surface area contributed by atoms with Crippen molar-refractivity contribution in [2.45, 2.75) is 25.7 Å². The van der Waals surface area contributed by atoms with Crippen LogP contribution in [0.1, 0.15) is 44.3 Å². The predicted molar refractivity (Wildman–Crippen MR) is 144 cm³/mol. The number of carbonyl (C=O) groups excluding carboxylic acids is 1. The van der Waals surface area contributed by atoms with Gasteiger partial charge in [0.25, 0.3) is 5.91 Å². The van der Waals surface area contributed by atoms with Crippen molar-refractivity contribution in [3.63, 3.8) is 0 Å². The van der Waals surface area contributed by atoms with Gasteiger partial charge in [-0.25, -0.2) is 0 Å². The Balaban J connectivity index is 1.56. The summed E-state index contributed by atoms with van der Waals surface area (Å²) in [5, 5.41) is 4.20. The van der Waals surface area contributed by atoms with Crippen molar-refractivity contribution >= 4 is 40.7 Å². The Kier molecular flexibility index (Phi) is 8.56. The second-order valence-corrected chi connectivity index (χ2v) is 9.85. The van der Waals surface area contributed by atoms with Gasteiger partial charge in [-0.1, -0.05) is 71.2 Å². The molecule has 1 atom stereocenters. The molecule has 4 aromatic carbocycles. The van der Waals surface area contributed by atoms with E-state index >= 15 is 0 Å². The van der Waals surface area contributed by atoms with E-state index in [9.17, 15) is 18.0 Å². The Morgan fingerprint density at radius 3 is 2.16 bits per heavy atom. The first-order valence-electron chi connectivity index (χ1n) is 11.4. The molecule has 0 aliphatic heterocycles. The van der Waals surface area contributed by atoms with Gasteiger partial charge in [-0.3, -0.25) is 4.79 Å². The van der Waals surface area contributed by atoms with E-state index < -0.39 is 23.8 Å². The molecule has 0 heterocycles. The molecule has 1 unspecified atom stereocenters. The molecule has 9 heteroatoms. The summed E-state index contributed by atoms with van der Waals surface area (Å²) >= 11 is 18.7. The van der Waals surface area contributed by atoms with Crippen molar-refractivity contribution in [3.8, 4) is 5.75 Å². The third kappa shape index (κ3) is 6.81. The maximum atomic E-state index is 12.9. The number of halogens is 6. The van der Waals surface area contributed by atoms with Crippen LogP contribution in [0.3, 0.4) is 0 Å². The van der Waals surface area contributed by atoms with Crippen LogP contribution in [0.25, 0.3) is 0 Å². The number of rotatable bonds is 7. The number of hydrogen-bond donors (Lipinski definition) is 1. The third-order valence-electron chi connectivity index (χ3n) is 5.85. The smallest absolute Gasteiger partial charge is 0.416 e. The zero-order valence-electron chi connectivity index (χ0n) is 20.0. The van der Waals surface area contributed by atoms with E-state index in [1.54, 1.807) is 48.5 Å². The van der Waals surface area contributed by atoms with Gasteiger partial charge in [0, 0.05) is 32.7 Å². The summed E-state index contributed by atoms with van der Waals surface area (Å²) < 4.78 is 44.8. The minimum atomic E-state index is -4.42. The van der Waals surface area contributed by atoms with Gasteiger partial charge in [0.2, 0.25) is 0 Å². The molecule has 0 bridgehead atoms. The zero-order valence-corrected chi connectivity index (χ0v) is 22.2. The molecule has 38 heavy (non-hydrogen) atoms. The Labute approximate surface area is 233 Å². The van der Waals surface area contributed by atoms with Crippen molar-refractivity contribution in [1.29, 1.82) is 0 Å². The summed E-state index contributed by atoms with van der Waals surface area (Å²) in [7, 11) is 0. The topological polar surface area (TPSA) is 38.3 Å². The molecule has 0 spiro atoms. The van der Waals surface area contributed by atoms with Crippen LogP contribution in [-0.2, 0) is 12.7 Å². The number of aryl methyl sites for hydroxylation is 1. The fourth-order valence-electron chi connectivity index (χ4n) is 3.75. The van der Waals surface area contributed by atoms with E-state index in [-0.39, 0.29) is 6.54 Å². The van der Waals surface area contributed by atoms with E-state index in [0.717, 1.165) is 23.3 Å². The van der Waals surface area contributed by atoms with E-state index in [4.69, 9.17) is 39.5 Å². The number of ether oxygens (including phenoxy) is 1. The lowest BCUT2D eigenvalue weighted by atomic mass is 10.0. The van der Waals surface area contributed by atoms with Gasteiger partial charge < -0.3 is 10.1 Å². The molecular formula is C29H21Cl3F3NO2. The molecule has 196 valence electrons. The Bertz CT molecular complexity index is 1440. The lowest BCUT2D eigenvalue weighted by molar-refractivity contribution is -0.137. The normalized spacial score (nSPS) is 12.2. The second kappa shape index (κ2) is 11.7. The zero-order chi connectivity index (χ0) is 27.4. The average Bonchev–Trinajstić information content (AvgIpc) is 2.87. The van der Waals surface area contributed by atoms with E-state index in [1.165, 1.54) is 12.1 Å². The molecule has 0 saturated heterocycles. The second-order valence-electron chi connectivity index (χ2n) is 8.57. The maximum Gasteiger partial charge on any atom is 0.416 e. The number of hydrogen-bond acceptors (Lipinski definition) is 2. The van der Waals surface area contributed by atoms with Crippen molar-refractivity contribution in [2.24, 2.45) is 0 Å². The largest absolute Gasteiger partial charge is 0.481 e. The molecule has 3 nitrogen and oxygen atoms in total. The van der Waals surface area contributed by atoms with E-state index in [1.807, 2.05) is 19.1 Å². The lowest BCUT2D eigenvalue weighted by Gasteiger charge is -2.23. The number of nitrogens with one attached hydrogen (secondary N) is 1. The lowest BCUT2D eigenvalue weighted by Crippen LogP contribution is -2.23. The molecule has 0 aromatic heterocycles. The minimum Gasteiger partial charge on any atom is -0.481 e. The van der Waals surface area contributed by atoms with Gasteiger partial charge in [-0.05, 0) is 72.1 Å². The van der Waals surface area contributed by atoms with Crippen molar-refractivity contribution in [1.82, 2.24) is 5.32 Å². The molecule has 0 aliphatic rings. The van der Waals surface area contributed by atoms with Gasteiger partial charge in [-0.15, -0.1) is 0 Å². The Morgan fingerprint density at radius 1 is 0.868 bits per heavy atom. The fourth-order valence-corrected chi connectivity index (χ4v) is 4.39. The molecule has 0 aliphatic carbocycles. The monoisotopic (exact) mass is 577 g/mol. The number of carbonyl (C=O) groups is 1. The summed E-state index contributed by atoms with van der Waals surface area (Å²) in [6, 6.07) is 21.9. The highest BCUT2D eigenvalue weighted by Crippen LogP contribution is 2.36. The van der Waals surface area contributed by atoms with Crippen molar-refractivity contribution in [3.05, 3.63) is 133 Å². The van der Waals surface area contributed by atoms with Gasteiger partial charge in [0.05, 0.1) is 5.56 Å². The van der Waals surface area contributed by atoms with Crippen LogP contribution >= 0.6 is 34.8 Å². The van der Waals surface area contributed by atoms with Crippen molar-refractivity contribution < 1.29 is 22.7 Å². The van der Waals surface area contributed by atoms with Crippen LogP contribution in [0.2, 0.25) is 15.1 Å². The van der Waals surface area contributed by atoms with Crippen LogP contribution < -0.4 is 10.1 Å². The summed E-state index contributed by atoms with van der Waals surface area (Å²) in [5.41, 5.74) is 2.37. The van der Waals surface area contributed by atoms with E-state index in [0.29, 0.717) is 37.5 Å². The minimum absolute atomic E-state index is 0.0643. The summed E-state index contributed by atoms with van der Waals surface area (Å²) in [6.45, 7) is 1.91. The van der Waals surface area contributed by atoms with Crippen LogP contribution in [0.4, 0.5) is 13.2 Å². The summed E-state index contributed by atoms with van der Waals surface area (Å²) in [6.07, 6.45) is -5.04. The highest BCUT2D eigenvalue weighted by Gasteiger charge is 2.30. The molecule has 0 radical (unpaired) electrons. The first kappa shape index (κ1) is 27.8. The maximum absolute atomic E-state index is 12.9. The Hall–Kier alpha value is -3.19. The Morgan fingerprint density at radius 2 is 1.53 bits per heavy atom. The van der Waals surface area contributed by atoms with Crippen molar-refractivity contribution in [2.75, 3.05) is 0 Å². The average molecular weight is 579 g/mol. The quantitative estimate of drug-likeness (QED) is 0.238. The standard InChI is InChI=1S/C29H21Cl3F3NO2/c1-17-2-5-20(28(37)36-16-18-3-8-21(9-4-18)29(33,34)35)14-26(17)38-27(19-6-10-22(30)11-7-19)24-13-12-23(31)15-25(24)32/h2-15,27H,16H2,1H3,(H,36,37). The van der Waals surface area contributed by atoms with Gasteiger partial charge >= 0.3 is 6.18 Å². The number of amides is 1. The van der Waals surface area contributed by atoms with Crippen LogP contribution in [0.5, 0.6) is 5.75 Å². The predicted octanol–water partition coefficient (Wildman–Crippen LogP) is 9.07. The molecule has 0 saturated carbocycles. The van der Waals surface area contributed by atoms with Crippen LogP contribution in [0, 0.1) is 6.92 Å². The van der Waals surface area contributed by atoms with Gasteiger partial charge in [0.15, 0.2) is 6.10 Å². The van der Waals surface area contributed by atoms with Gasteiger partial charge in [0.1, 0.15) is 5.75 Å². The molecular weight excluding hydrogens is 558 g/mol. The molecule has 4 rings (SSSR count). The molecule has 4 aromatic rings. The number of alkyl halides is 3. The summed E-state index contributed by atoms with van der Waals surface area (Å²) in [5.74, 6) is 0.0560. The summed E-state index contributed by atoms with van der Waals surface area (Å²) in [4.78, 5) is 12.9. The molecule has 1 amide bonds. The SMILES string of the molecule is Cc1ccc(C(=O)NCc2ccc(C(F)(F)F)cc2)cc1OC(c1ccc(Cl)cc1)c1ccc(Cl)cc1Cl. The first-order valence-corrected chi connectivity index (χ1v) is 12.6. The highest BCUT2D eigenvalue weighted by molar-refractivity contribution is 6.35.